The summed E-state index contributed by atoms with van der Waals surface area (Å²) in [6.45, 7) is 2.81. The van der Waals surface area contributed by atoms with Gasteiger partial charge in [-0.05, 0) is 30.7 Å². The number of carbonyl (C=O) groups excluding carboxylic acids is 1. The van der Waals surface area contributed by atoms with Gasteiger partial charge in [0, 0.05) is 18.0 Å². The molecule has 0 saturated carbocycles. The number of hydrogen-bond acceptors (Lipinski definition) is 3. The molecule has 16 heavy (non-hydrogen) atoms. The van der Waals surface area contributed by atoms with E-state index in [9.17, 15) is 4.79 Å². The molecule has 3 N–H and O–H groups in total. The van der Waals surface area contributed by atoms with E-state index in [0.29, 0.717) is 12.3 Å². The number of nitrogens with one attached hydrogen (secondary N) is 1. The lowest BCUT2D eigenvalue weighted by atomic mass is 10.3. The van der Waals surface area contributed by atoms with Gasteiger partial charge in [-0.3, -0.25) is 4.79 Å². The predicted octanol–water partition coefficient (Wildman–Crippen LogP) is 2.02. The van der Waals surface area contributed by atoms with Gasteiger partial charge in [0.25, 0.3) is 0 Å². The van der Waals surface area contributed by atoms with E-state index in [2.05, 4.69) is 12.2 Å². The van der Waals surface area contributed by atoms with Crippen LogP contribution in [0, 0.1) is 0 Å². The molecule has 1 aromatic rings. The Bertz CT molecular complexity index is 322. The zero-order valence-electron chi connectivity index (χ0n) is 9.53. The minimum atomic E-state index is -0.138. The fourth-order valence-electron chi connectivity index (χ4n) is 1.17. The zero-order valence-corrected chi connectivity index (χ0v) is 9.53. The monoisotopic (exact) mass is 222 g/mol. The van der Waals surface area contributed by atoms with E-state index in [1.54, 1.807) is 24.3 Å². The number of nitrogen functional groups attached to an aromatic ring is 1. The quantitative estimate of drug-likeness (QED) is 0.571. The molecule has 88 valence electrons. The van der Waals surface area contributed by atoms with Crippen LogP contribution in [-0.4, -0.2) is 19.1 Å². The first-order chi connectivity index (χ1) is 7.72. The highest BCUT2D eigenvalue weighted by Gasteiger charge is 2.01. The average molecular weight is 222 g/mol. The molecule has 1 aromatic carbocycles. The van der Waals surface area contributed by atoms with E-state index < -0.39 is 0 Å². The van der Waals surface area contributed by atoms with Crippen molar-refractivity contribution in [3.05, 3.63) is 24.3 Å². The number of unbranched alkanes of at least 4 members (excludes halogenated alkanes) is 1. The molecule has 4 nitrogen and oxygen atoms in total. The molecule has 1 amide bonds. The van der Waals surface area contributed by atoms with Gasteiger partial charge in [0.15, 0.2) is 0 Å². The van der Waals surface area contributed by atoms with Gasteiger partial charge in [0.2, 0.25) is 5.91 Å². The van der Waals surface area contributed by atoms with Crippen LogP contribution in [0.1, 0.15) is 19.8 Å². The van der Waals surface area contributed by atoms with Crippen molar-refractivity contribution >= 4 is 17.3 Å². The fraction of sp³-hybridized carbons (Fsp3) is 0.417. The second-order valence-corrected chi connectivity index (χ2v) is 3.58. The van der Waals surface area contributed by atoms with Gasteiger partial charge < -0.3 is 15.8 Å². The molecule has 4 heteroatoms. The molecule has 0 aliphatic heterocycles. The second-order valence-electron chi connectivity index (χ2n) is 3.58. The minimum Gasteiger partial charge on any atom is -0.399 e. The summed E-state index contributed by atoms with van der Waals surface area (Å²) < 4.78 is 5.20. The third kappa shape index (κ3) is 4.79. The van der Waals surface area contributed by atoms with Crippen LogP contribution in [0.4, 0.5) is 11.4 Å². The van der Waals surface area contributed by atoms with Crippen LogP contribution in [0.2, 0.25) is 0 Å². The minimum absolute atomic E-state index is 0.102. The summed E-state index contributed by atoms with van der Waals surface area (Å²) in [6, 6.07) is 7.01. The Balaban J connectivity index is 2.26. The van der Waals surface area contributed by atoms with Gasteiger partial charge in [0.05, 0.1) is 0 Å². The molecule has 0 spiro atoms. The Morgan fingerprint density at radius 1 is 1.38 bits per heavy atom. The number of anilines is 2. The van der Waals surface area contributed by atoms with E-state index >= 15 is 0 Å². The molecule has 0 fully saturated rings. The van der Waals surface area contributed by atoms with Crippen LogP contribution in [-0.2, 0) is 9.53 Å². The molecule has 0 unspecified atom stereocenters. The summed E-state index contributed by atoms with van der Waals surface area (Å²) in [6.07, 6.45) is 2.05. The molecule has 0 saturated heterocycles. The van der Waals surface area contributed by atoms with Crippen molar-refractivity contribution in [1.82, 2.24) is 0 Å². The maximum Gasteiger partial charge on any atom is 0.250 e. The molecule has 0 aromatic heterocycles. The summed E-state index contributed by atoms with van der Waals surface area (Å²) in [5.74, 6) is -0.138. The maximum absolute atomic E-state index is 11.4. The summed E-state index contributed by atoms with van der Waals surface area (Å²) in [7, 11) is 0. The van der Waals surface area contributed by atoms with Gasteiger partial charge in [-0.25, -0.2) is 0 Å². The van der Waals surface area contributed by atoms with Crippen LogP contribution >= 0.6 is 0 Å². The van der Waals surface area contributed by atoms with Gasteiger partial charge in [0.1, 0.15) is 6.61 Å². The number of ether oxygens (including phenoxy) is 1. The van der Waals surface area contributed by atoms with Crippen LogP contribution in [0.15, 0.2) is 24.3 Å². The average Bonchev–Trinajstić information content (AvgIpc) is 2.28. The number of rotatable bonds is 6. The van der Waals surface area contributed by atoms with Crippen molar-refractivity contribution in [2.75, 3.05) is 24.3 Å². The topological polar surface area (TPSA) is 64.3 Å². The molecule has 0 aliphatic rings. The van der Waals surface area contributed by atoms with Gasteiger partial charge in [-0.2, -0.15) is 0 Å². The van der Waals surface area contributed by atoms with E-state index in [0.717, 1.165) is 18.5 Å². The highest BCUT2D eigenvalue weighted by atomic mass is 16.5. The summed E-state index contributed by atoms with van der Waals surface area (Å²) in [4.78, 5) is 11.4. The Labute approximate surface area is 95.8 Å². The summed E-state index contributed by atoms with van der Waals surface area (Å²) in [5.41, 5.74) is 6.95. The molecule has 1 rings (SSSR count). The Morgan fingerprint density at radius 2 is 2.06 bits per heavy atom. The van der Waals surface area contributed by atoms with E-state index in [1.807, 2.05) is 0 Å². The largest absolute Gasteiger partial charge is 0.399 e. The first-order valence-electron chi connectivity index (χ1n) is 5.45. The first-order valence-corrected chi connectivity index (χ1v) is 5.45. The summed E-state index contributed by atoms with van der Waals surface area (Å²) in [5, 5.41) is 2.73. The number of carbonyl (C=O) groups is 1. The zero-order chi connectivity index (χ0) is 11.8. The van der Waals surface area contributed by atoms with Crippen LogP contribution in [0.5, 0.6) is 0 Å². The predicted molar refractivity (Wildman–Crippen MR) is 65.2 cm³/mol. The SMILES string of the molecule is CCCCOCC(=O)Nc1ccc(N)cc1. The van der Waals surface area contributed by atoms with E-state index in [4.69, 9.17) is 10.5 Å². The Morgan fingerprint density at radius 3 is 2.69 bits per heavy atom. The van der Waals surface area contributed by atoms with Crippen molar-refractivity contribution in [1.29, 1.82) is 0 Å². The third-order valence-electron chi connectivity index (χ3n) is 2.07. The second kappa shape index (κ2) is 6.85. The number of hydrogen-bond donors (Lipinski definition) is 2. The van der Waals surface area contributed by atoms with Gasteiger partial charge in [-0.15, -0.1) is 0 Å². The molecule has 0 aliphatic carbocycles. The normalized spacial score (nSPS) is 10.1. The van der Waals surface area contributed by atoms with E-state index in [1.165, 1.54) is 0 Å². The van der Waals surface area contributed by atoms with Crippen molar-refractivity contribution in [2.45, 2.75) is 19.8 Å². The fourth-order valence-corrected chi connectivity index (χ4v) is 1.17. The Kier molecular flexibility index (Phi) is 5.36. The molecule has 0 heterocycles. The standard InChI is InChI=1S/C12H18N2O2/c1-2-3-8-16-9-12(15)14-11-6-4-10(13)5-7-11/h4-7H,2-3,8-9,13H2,1H3,(H,14,15). The number of amides is 1. The number of benzene rings is 1. The Hall–Kier alpha value is -1.55. The van der Waals surface area contributed by atoms with Crippen LogP contribution in [0.25, 0.3) is 0 Å². The van der Waals surface area contributed by atoms with Crippen molar-refractivity contribution in [2.24, 2.45) is 0 Å². The summed E-state index contributed by atoms with van der Waals surface area (Å²) >= 11 is 0. The smallest absolute Gasteiger partial charge is 0.250 e. The van der Waals surface area contributed by atoms with Crippen molar-refractivity contribution in [3.8, 4) is 0 Å². The molecule has 0 radical (unpaired) electrons. The van der Waals surface area contributed by atoms with Crippen molar-refractivity contribution in [3.63, 3.8) is 0 Å². The highest BCUT2D eigenvalue weighted by Crippen LogP contribution is 2.10. The maximum atomic E-state index is 11.4. The van der Waals surface area contributed by atoms with E-state index in [-0.39, 0.29) is 12.5 Å². The lowest BCUT2D eigenvalue weighted by Crippen LogP contribution is -2.18. The lowest BCUT2D eigenvalue weighted by molar-refractivity contribution is -0.120. The molecule has 0 atom stereocenters. The van der Waals surface area contributed by atoms with Crippen LogP contribution in [0.3, 0.4) is 0 Å². The number of nitrogens with two attached hydrogens (primary N) is 1. The third-order valence-corrected chi connectivity index (χ3v) is 2.07. The van der Waals surface area contributed by atoms with Crippen LogP contribution < -0.4 is 11.1 Å². The molecule has 0 bridgehead atoms. The van der Waals surface area contributed by atoms with Gasteiger partial charge in [-0.1, -0.05) is 13.3 Å². The highest BCUT2D eigenvalue weighted by molar-refractivity contribution is 5.91. The van der Waals surface area contributed by atoms with Gasteiger partial charge >= 0.3 is 0 Å². The molecular weight excluding hydrogens is 204 g/mol. The van der Waals surface area contributed by atoms with Crippen molar-refractivity contribution < 1.29 is 9.53 Å². The lowest BCUT2D eigenvalue weighted by Gasteiger charge is -2.06. The first kappa shape index (κ1) is 12.5. The molecular formula is C12H18N2O2.